The largest absolute Gasteiger partial charge is 0.339 e. The molecule has 15 heavy (non-hydrogen) atoms. The van der Waals surface area contributed by atoms with Crippen molar-refractivity contribution in [3.63, 3.8) is 0 Å². The molecule has 0 aromatic carbocycles. The maximum Gasteiger partial charge on any atom is 0.124 e. The van der Waals surface area contributed by atoms with Gasteiger partial charge in [-0.2, -0.15) is 0 Å². The zero-order valence-electron chi connectivity index (χ0n) is 9.07. The van der Waals surface area contributed by atoms with E-state index < -0.39 is 0 Å². The third-order valence-corrected chi connectivity index (χ3v) is 2.38. The molecule has 0 amide bonds. The van der Waals surface area contributed by atoms with Crippen molar-refractivity contribution < 1.29 is 0 Å². The summed E-state index contributed by atoms with van der Waals surface area (Å²) in [7, 11) is 0. The minimum absolute atomic E-state index is 0.0163. The summed E-state index contributed by atoms with van der Waals surface area (Å²) < 4.78 is 0. The summed E-state index contributed by atoms with van der Waals surface area (Å²) in [5.41, 5.74) is 7.93. The molecule has 2 aromatic rings. The van der Waals surface area contributed by atoms with E-state index in [0.717, 1.165) is 23.3 Å². The molecule has 0 saturated carbocycles. The molecule has 2 aromatic heterocycles. The van der Waals surface area contributed by atoms with Gasteiger partial charge >= 0.3 is 0 Å². The second-order valence-corrected chi connectivity index (χ2v) is 4.25. The topological polar surface area (TPSA) is 67.6 Å². The van der Waals surface area contributed by atoms with Crippen molar-refractivity contribution in [2.75, 3.05) is 0 Å². The van der Waals surface area contributed by atoms with Crippen molar-refractivity contribution in [2.45, 2.75) is 26.3 Å². The van der Waals surface area contributed by atoms with Crippen LogP contribution in [0.4, 0.5) is 0 Å². The fourth-order valence-electron chi connectivity index (χ4n) is 1.67. The van der Waals surface area contributed by atoms with Crippen LogP contribution in [0.25, 0.3) is 11.0 Å². The molecule has 4 heteroatoms. The molecular formula is C11H16N4. The number of nitrogens with one attached hydrogen (secondary N) is 1. The molecule has 3 N–H and O–H groups in total. The Hall–Kier alpha value is -1.42. The Bertz CT molecular complexity index is 414. The van der Waals surface area contributed by atoms with Crippen molar-refractivity contribution in [2.24, 2.45) is 11.7 Å². The first-order valence-electron chi connectivity index (χ1n) is 5.22. The number of pyridine rings is 1. The van der Waals surface area contributed by atoms with Crippen molar-refractivity contribution in [3.8, 4) is 0 Å². The fourth-order valence-corrected chi connectivity index (χ4v) is 1.67. The van der Waals surface area contributed by atoms with Crippen LogP contribution >= 0.6 is 0 Å². The maximum absolute atomic E-state index is 6.05. The van der Waals surface area contributed by atoms with Gasteiger partial charge in [-0.25, -0.2) is 4.98 Å². The predicted molar refractivity (Wildman–Crippen MR) is 60.3 cm³/mol. The van der Waals surface area contributed by atoms with E-state index in [4.69, 9.17) is 5.73 Å². The molecule has 0 radical (unpaired) electrons. The van der Waals surface area contributed by atoms with E-state index in [1.165, 1.54) is 0 Å². The molecular weight excluding hydrogens is 188 g/mol. The molecule has 0 aliphatic heterocycles. The third-order valence-electron chi connectivity index (χ3n) is 2.38. The van der Waals surface area contributed by atoms with Gasteiger partial charge in [0.1, 0.15) is 5.82 Å². The van der Waals surface area contributed by atoms with Crippen LogP contribution in [0.15, 0.2) is 18.5 Å². The van der Waals surface area contributed by atoms with Crippen molar-refractivity contribution in [1.82, 2.24) is 15.0 Å². The predicted octanol–water partition coefficient (Wildman–Crippen LogP) is 2.00. The molecule has 0 spiro atoms. The lowest BCUT2D eigenvalue weighted by Crippen LogP contribution is -2.14. The lowest BCUT2D eigenvalue weighted by Gasteiger charge is -2.10. The van der Waals surface area contributed by atoms with Crippen molar-refractivity contribution in [3.05, 3.63) is 24.3 Å². The summed E-state index contributed by atoms with van der Waals surface area (Å²) in [5.74, 6) is 1.43. The first-order valence-corrected chi connectivity index (χ1v) is 5.22. The summed E-state index contributed by atoms with van der Waals surface area (Å²) in [6.45, 7) is 4.31. The van der Waals surface area contributed by atoms with Crippen LogP contribution in [-0.2, 0) is 0 Å². The standard InChI is InChI=1S/C11H16N4/c1-7(2)5-8(12)11-14-9-3-4-13-6-10(9)15-11/h3-4,6-8H,5,12H2,1-2H3,(H,14,15)/t8-/m1/s1. The SMILES string of the molecule is CC(C)C[C@@H](N)c1nc2ccncc2[nH]1. The van der Waals surface area contributed by atoms with E-state index in [1.54, 1.807) is 12.4 Å². The number of aromatic amines is 1. The highest BCUT2D eigenvalue weighted by Crippen LogP contribution is 2.18. The molecule has 0 saturated heterocycles. The summed E-state index contributed by atoms with van der Waals surface area (Å²) in [6.07, 6.45) is 4.45. The van der Waals surface area contributed by atoms with Crippen LogP contribution in [0.1, 0.15) is 32.1 Å². The normalized spacial score (nSPS) is 13.6. The van der Waals surface area contributed by atoms with Gasteiger partial charge in [-0.1, -0.05) is 13.8 Å². The zero-order chi connectivity index (χ0) is 10.8. The van der Waals surface area contributed by atoms with Gasteiger partial charge < -0.3 is 10.7 Å². The van der Waals surface area contributed by atoms with Gasteiger partial charge in [0.2, 0.25) is 0 Å². The molecule has 0 aliphatic rings. The summed E-state index contributed by atoms with van der Waals surface area (Å²) in [6, 6.07) is 1.87. The first kappa shape index (κ1) is 10.1. The first-order chi connectivity index (χ1) is 7.16. The Kier molecular flexibility index (Phi) is 2.68. The van der Waals surface area contributed by atoms with E-state index in [9.17, 15) is 0 Å². The van der Waals surface area contributed by atoms with Crippen molar-refractivity contribution >= 4 is 11.0 Å². The number of hydrogen-bond acceptors (Lipinski definition) is 3. The number of rotatable bonds is 3. The summed E-state index contributed by atoms with van der Waals surface area (Å²) >= 11 is 0. The minimum atomic E-state index is -0.0163. The van der Waals surface area contributed by atoms with Crippen LogP contribution < -0.4 is 5.73 Å². The monoisotopic (exact) mass is 204 g/mol. The third kappa shape index (κ3) is 2.15. The van der Waals surface area contributed by atoms with E-state index in [1.807, 2.05) is 6.07 Å². The van der Waals surface area contributed by atoms with Gasteiger partial charge in [-0.3, -0.25) is 4.98 Å². The number of hydrogen-bond donors (Lipinski definition) is 2. The number of fused-ring (bicyclic) bond motifs is 1. The van der Waals surface area contributed by atoms with Gasteiger partial charge in [0, 0.05) is 6.20 Å². The van der Waals surface area contributed by atoms with Crippen molar-refractivity contribution in [1.29, 1.82) is 0 Å². The van der Waals surface area contributed by atoms with Gasteiger partial charge in [0.25, 0.3) is 0 Å². The Labute approximate surface area is 88.9 Å². The molecule has 0 aliphatic carbocycles. The number of nitrogens with two attached hydrogens (primary N) is 1. The fraction of sp³-hybridized carbons (Fsp3) is 0.455. The van der Waals surface area contributed by atoms with E-state index >= 15 is 0 Å². The second kappa shape index (κ2) is 3.98. The molecule has 1 atom stereocenters. The average molecular weight is 204 g/mol. The van der Waals surface area contributed by atoms with Gasteiger partial charge in [0.15, 0.2) is 0 Å². The number of nitrogens with zero attached hydrogens (tertiary/aromatic N) is 2. The Morgan fingerprint density at radius 1 is 1.47 bits per heavy atom. The summed E-state index contributed by atoms with van der Waals surface area (Å²) in [4.78, 5) is 11.7. The Balaban J connectivity index is 2.28. The maximum atomic E-state index is 6.05. The smallest absolute Gasteiger partial charge is 0.124 e. The molecule has 80 valence electrons. The number of H-pyrrole nitrogens is 1. The van der Waals surface area contributed by atoms with Crippen LogP contribution in [-0.4, -0.2) is 15.0 Å². The molecule has 2 rings (SSSR count). The quantitative estimate of drug-likeness (QED) is 0.803. The molecule has 2 heterocycles. The lowest BCUT2D eigenvalue weighted by atomic mass is 10.0. The van der Waals surface area contributed by atoms with Crippen LogP contribution in [0.2, 0.25) is 0 Å². The molecule has 0 bridgehead atoms. The van der Waals surface area contributed by atoms with E-state index in [-0.39, 0.29) is 6.04 Å². The highest BCUT2D eigenvalue weighted by molar-refractivity contribution is 5.73. The molecule has 0 fully saturated rings. The van der Waals surface area contributed by atoms with E-state index in [2.05, 4.69) is 28.8 Å². The Morgan fingerprint density at radius 2 is 2.27 bits per heavy atom. The second-order valence-electron chi connectivity index (χ2n) is 4.25. The molecule has 4 nitrogen and oxygen atoms in total. The highest BCUT2D eigenvalue weighted by atomic mass is 15.0. The highest BCUT2D eigenvalue weighted by Gasteiger charge is 2.12. The average Bonchev–Trinajstić information content (AvgIpc) is 2.59. The van der Waals surface area contributed by atoms with Gasteiger partial charge in [-0.15, -0.1) is 0 Å². The number of imidazole rings is 1. The van der Waals surface area contributed by atoms with Crippen LogP contribution in [0.5, 0.6) is 0 Å². The van der Waals surface area contributed by atoms with Gasteiger partial charge in [-0.05, 0) is 18.4 Å². The van der Waals surface area contributed by atoms with Gasteiger partial charge in [0.05, 0.1) is 23.3 Å². The lowest BCUT2D eigenvalue weighted by molar-refractivity contribution is 0.496. The minimum Gasteiger partial charge on any atom is -0.339 e. The molecule has 0 unspecified atom stereocenters. The Morgan fingerprint density at radius 3 is 2.93 bits per heavy atom. The zero-order valence-corrected chi connectivity index (χ0v) is 9.07. The number of aromatic nitrogens is 3. The van der Waals surface area contributed by atoms with Crippen LogP contribution in [0.3, 0.4) is 0 Å². The summed E-state index contributed by atoms with van der Waals surface area (Å²) in [5, 5.41) is 0. The van der Waals surface area contributed by atoms with E-state index in [0.29, 0.717) is 5.92 Å². The van der Waals surface area contributed by atoms with Crippen LogP contribution in [0, 0.1) is 5.92 Å².